The zero-order valence-electron chi connectivity index (χ0n) is 15.1. The maximum atomic E-state index is 13.6. The number of alkyl halides is 3. The van der Waals surface area contributed by atoms with Gasteiger partial charge in [-0.2, -0.15) is 13.2 Å². The lowest BCUT2D eigenvalue weighted by Crippen LogP contribution is -2.16. The molecule has 146 valence electrons. The molecule has 0 fully saturated rings. The Hall–Kier alpha value is -2.54. The third-order valence-corrected chi connectivity index (χ3v) is 4.52. The molecule has 0 atom stereocenters. The van der Waals surface area contributed by atoms with E-state index in [0.29, 0.717) is 10.2 Å². The predicted molar refractivity (Wildman–Crippen MR) is 106 cm³/mol. The van der Waals surface area contributed by atoms with Crippen LogP contribution in [0.1, 0.15) is 19.6 Å². The molecule has 0 saturated heterocycles. The number of halogens is 4. The molecule has 0 N–H and O–H groups in total. The molecule has 0 aliphatic rings. The van der Waals surface area contributed by atoms with Crippen molar-refractivity contribution in [3.8, 4) is 16.9 Å². The van der Waals surface area contributed by atoms with Gasteiger partial charge in [-0.25, -0.2) is 0 Å². The fourth-order valence-corrected chi connectivity index (χ4v) is 2.91. The van der Waals surface area contributed by atoms with Crippen LogP contribution in [0.25, 0.3) is 22.1 Å². The predicted octanol–water partition coefficient (Wildman–Crippen LogP) is 6.59. The first-order chi connectivity index (χ1) is 13.2. The van der Waals surface area contributed by atoms with E-state index in [0.717, 1.165) is 5.57 Å². The highest BCUT2D eigenvalue weighted by Gasteiger charge is 2.39. The van der Waals surface area contributed by atoms with E-state index in [9.17, 15) is 18.0 Å². The van der Waals surface area contributed by atoms with E-state index in [-0.39, 0.29) is 23.1 Å². The lowest BCUT2D eigenvalue weighted by Gasteiger charge is -2.13. The maximum absolute atomic E-state index is 13.6. The molecule has 0 bridgehead atoms. The van der Waals surface area contributed by atoms with Gasteiger partial charge in [0.1, 0.15) is 17.9 Å². The molecule has 2 aromatic carbocycles. The zero-order chi connectivity index (χ0) is 20.5. The van der Waals surface area contributed by atoms with Crippen molar-refractivity contribution in [1.29, 1.82) is 0 Å². The van der Waals surface area contributed by atoms with E-state index in [4.69, 9.17) is 9.15 Å². The van der Waals surface area contributed by atoms with Crippen LogP contribution < -0.4 is 10.2 Å². The van der Waals surface area contributed by atoms with Crippen LogP contribution in [0, 0.1) is 0 Å². The Balaban J connectivity index is 2.18. The van der Waals surface area contributed by atoms with Crippen molar-refractivity contribution < 1.29 is 22.3 Å². The van der Waals surface area contributed by atoms with Gasteiger partial charge in [-0.1, -0.05) is 33.6 Å². The van der Waals surface area contributed by atoms with Crippen molar-refractivity contribution in [3.63, 3.8) is 0 Å². The molecule has 0 aliphatic carbocycles. The SMILES string of the molecule is CC(C)=CCOc1ccc2c(=O)c(-c3ccc(Br)cc3)c(C(F)(F)F)oc2c1. The summed E-state index contributed by atoms with van der Waals surface area (Å²) in [5.41, 5.74) is -0.244. The largest absolute Gasteiger partial charge is 0.489 e. The van der Waals surface area contributed by atoms with Crippen LogP contribution in [0.3, 0.4) is 0 Å². The van der Waals surface area contributed by atoms with Crippen molar-refractivity contribution in [2.75, 3.05) is 6.61 Å². The average Bonchev–Trinajstić information content (AvgIpc) is 2.61. The molecule has 1 aromatic heterocycles. The van der Waals surface area contributed by atoms with Gasteiger partial charge in [-0.3, -0.25) is 4.79 Å². The fourth-order valence-electron chi connectivity index (χ4n) is 2.65. The Morgan fingerprint density at radius 3 is 2.43 bits per heavy atom. The topological polar surface area (TPSA) is 39.4 Å². The van der Waals surface area contributed by atoms with E-state index in [1.165, 1.54) is 30.3 Å². The second kappa shape index (κ2) is 7.83. The molecule has 7 heteroatoms. The minimum absolute atomic E-state index is 0.0560. The summed E-state index contributed by atoms with van der Waals surface area (Å²) < 4.78 is 52.2. The van der Waals surface area contributed by atoms with Crippen molar-refractivity contribution in [1.82, 2.24) is 0 Å². The van der Waals surface area contributed by atoms with Crippen LogP contribution in [-0.4, -0.2) is 6.61 Å². The molecule has 0 amide bonds. The van der Waals surface area contributed by atoms with Gasteiger partial charge in [-0.15, -0.1) is 0 Å². The number of rotatable bonds is 4. The molecular weight excluding hydrogens is 437 g/mol. The molecule has 0 saturated carbocycles. The number of benzene rings is 2. The molecule has 0 radical (unpaired) electrons. The lowest BCUT2D eigenvalue weighted by molar-refractivity contribution is -0.152. The molecule has 28 heavy (non-hydrogen) atoms. The number of ether oxygens (including phenoxy) is 1. The molecule has 0 spiro atoms. The third kappa shape index (κ3) is 4.30. The fraction of sp³-hybridized carbons (Fsp3) is 0.190. The van der Waals surface area contributed by atoms with Crippen molar-refractivity contribution in [2.24, 2.45) is 0 Å². The van der Waals surface area contributed by atoms with E-state index >= 15 is 0 Å². The van der Waals surface area contributed by atoms with Gasteiger partial charge in [-0.05, 0) is 49.8 Å². The van der Waals surface area contributed by atoms with Crippen LogP contribution in [0.15, 0.2) is 67.8 Å². The number of hydrogen-bond donors (Lipinski definition) is 0. The summed E-state index contributed by atoms with van der Waals surface area (Å²) in [5, 5.41) is 0.0560. The third-order valence-electron chi connectivity index (χ3n) is 4.00. The van der Waals surface area contributed by atoms with E-state index in [2.05, 4.69) is 15.9 Å². The van der Waals surface area contributed by atoms with Gasteiger partial charge >= 0.3 is 6.18 Å². The van der Waals surface area contributed by atoms with Crippen LogP contribution in [0.4, 0.5) is 13.2 Å². The Bertz CT molecular complexity index is 1090. The minimum Gasteiger partial charge on any atom is -0.489 e. The van der Waals surface area contributed by atoms with Gasteiger partial charge in [0.2, 0.25) is 11.2 Å². The first-order valence-electron chi connectivity index (χ1n) is 8.37. The maximum Gasteiger partial charge on any atom is 0.450 e. The summed E-state index contributed by atoms with van der Waals surface area (Å²) in [4.78, 5) is 12.9. The minimum atomic E-state index is -4.82. The van der Waals surface area contributed by atoms with Crippen molar-refractivity contribution >= 4 is 26.9 Å². The summed E-state index contributed by atoms with van der Waals surface area (Å²) in [6.45, 7) is 4.07. The Labute approximate surface area is 167 Å². The summed E-state index contributed by atoms with van der Waals surface area (Å²) in [7, 11) is 0. The molecule has 1 heterocycles. The van der Waals surface area contributed by atoms with E-state index < -0.39 is 22.9 Å². The molecule has 3 nitrogen and oxygen atoms in total. The van der Waals surface area contributed by atoms with Gasteiger partial charge in [0.15, 0.2) is 0 Å². The highest BCUT2D eigenvalue weighted by atomic mass is 79.9. The summed E-state index contributed by atoms with van der Waals surface area (Å²) >= 11 is 3.23. The first-order valence-corrected chi connectivity index (χ1v) is 9.16. The van der Waals surface area contributed by atoms with Gasteiger partial charge in [0, 0.05) is 10.5 Å². The number of hydrogen-bond acceptors (Lipinski definition) is 3. The number of allylic oxidation sites excluding steroid dienone is 1. The van der Waals surface area contributed by atoms with Crippen molar-refractivity contribution in [3.05, 3.63) is 74.6 Å². The smallest absolute Gasteiger partial charge is 0.450 e. The van der Waals surface area contributed by atoms with Gasteiger partial charge in [0.05, 0.1) is 10.9 Å². The average molecular weight is 453 g/mol. The quantitative estimate of drug-likeness (QED) is 0.419. The Kier molecular flexibility index (Phi) is 5.65. The second-order valence-electron chi connectivity index (χ2n) is 6.39. The Morgan fingerprint density at radius 2 is 1.82 bits per heavy atom. The second-order valence-corrected chi connectivity index (χ2v) is 7.31. The summed E-state index contributed by atoms with van der Waals surface area (Å²) in [6, 6.07) is 10.3. The molecule has 0 aliphatic heterocycles. The molecule has 3 aromatic rings. The number of fused-ring (bicyclic) bond motifs is 1. The molecule has 0 unspecified atom stereocenters. The normalized spacial score (nSPS) is 11.5. The van der Waals surface area contributed by atoms with Crippen LogP contribution >= 0.6 is 15.9 Å². The highest BCUT2D eigenvalue weighted by Crippen LogP contribution is 2.38. The zero-order valence-corrected chi connectivity index (χ0v) is 16.6. The van der Waals surface area contributed by atoms with Crippen molar-refractivity contribution in [2.45, 2.75) is 20.0 Å². The van der Waals surface area contributed by atoms with Gasteiger partial charge < -0.3 is 9.15 Å². The summed E-state index contributed by atoms with van der Waals surface area (Å²) in [5.74, 6) is -1.01. The van der Waals surface area contributed by atoms with Crippen LogP contribution in [-0.2, 0) is 6.18 Å². The van der Waals surface area contributed by atoms with E-state index in [1.54, 1.807) is 12.1 Å². The van der Waals surface area contributed by atoms with Gasteiger partial charge in [0.25, 0.3) is 0 Å². The highest BCUT2D eigenvalue weighted by molar-refractivity contribution is 9.10. The molecular formula is C21H16BrF3O3. The van der Waals surface area contributed by atoms with Crippen LogP contribution in [0.5, 0.6) is 5.75 Å². The lowest BCUT2D eigenvalue weighted by atomic mass is 10.0. The van der Waals surface area contributed by atoms with E-state index in [1.807, 2.05) is 19.9 Å². The Morgan fingerprint density at radius 1 is 1.14 bits per heavy atom. The van der Waals surface area contributed by atoms with Crippen LogP contribution in [0.2, 0.25) is 0 Å². The standard InChI is InChI=1S/C21H16BrF3O3/c1-12(2)9-10-27-15-7-8-16-17(11-15)28-20(21(23,24)25)18(19(16)26)13-3-5-14(22)6-4-13/h3-9,11H,10H2,1-2H3. The molecule has 3 rings (SSSR count). The summed E-state index contributed by atoms with van der Waals surface area (Å²) in [6.07, 6.45) is -2.99. The first kappa shape index (κ1) is 20.2. The monoisotopic (exact) mass is 452 g/mol.